The predicted octanol–water partition coefficient (Wildman–Crippen LogP) is 0.308. The van der Waals surface area contributed by atoms with Gasteiger partial charge in [0.25, 0.3) is 5.91 Å². The second-order valence-electron chi connectivity index (χ2n) is 4.75. The molecule has 0 saturated heterocycles. The van der Waals surface area contributed by atoms with Crippen molar-refractivity contribution in [3.8, 4) is 0 Å². The molecule has 1 aliphatic rings. The van der Waals surface area contributed by atoms with Crippen LogP contribution in [0.25, 0.3) is 0 Å². The number of hydrogen-bond acceptors (Lipinski definition) is 4. The Morgan fingerprint density at radius 2 is 2.35 bits per heavy atom. The molecule has 1 aromatic carbocycles. The molecule has 0 bridgehead atoms. The molecule has 0 fully saturated rings. The van der Waals surface area contributed by atoms with Crippen LogP contribution < -0.4 is 10.6 Å². The molecule has 0 radical (unpaired) electrons. The van der Waals surface area contributed by atoms with Gasteiger partial charge in [-0.25, -0.2) is 0 Å². The quantitative estimate of drug-likeness (QED) is 0.699. The molecule has 1 unspecified atom stereocenters. The summed E-state index contributed by atoms with van der Waals surface area (Å²) in [6.07, 6.45) is 0.162. The Morgan fingerprint density at radius 1 is 1.55 bits per heavy atom. The third-order valence-electron chi connectivity index (χ3n) is 3.11. The summed E-state index contributed by atoms with van der Waals surface area (Å²) in [5.74, 6) is -0.267. The molecule has 0 saturated carbocycles. The summed E-state index contributed by atoms with van der Waals surface area (Å²) in [4.78, 5) is 23.2. The number of methoxy groups -OCH3 is 1. The lowest BCUT2D eigenvalue weighted by Gasteiger charge is -2.10. The topological polar surface area (TPSA) is 87.7 Å². The number of carbonyl (C=O) groups is 2. The zero-order valence-corrected chi connectivity index (χ0v) is 11.3. The average Bonchev–Trinajstić information content (AvgIpc) is 2.77. The lowest BCUT2D eigenvalue weighted by Crippen LogP contribution is -2.28. The Kier molecular flexibility index (Phi) is 4.70. The van der Waals surface area contributed by atoms with Gasteiger partial charge in [0.2, 0.25) is 5.91 Å². The minimum Gasteiger partial charge on any atom is -0.391 e. The molecule has 2 rings (SSSR count). The molecule has 1 atom stereocenters. The van der Waals surface area contributed by atoms with Gasteiger partial charge < -0.3 is 20.5 Å². The molecule has 1 aromatic rings. The van der Waals surface area contributed by atoms with Gasteiger partial charge in [0.1, 0.15) is 0 Å². The normalized spacial score (nSPS) is 14.6. The lowest BCUT2D eigenvalue weighted by atomic mass is 10.1. The highest BCUT2D eigenvalue weighted by Crippen LogP contribution is 2.23. The van der Waals surface area contributed by atoms with Crippen LogP contribution in [0.3, 0.4) is 0 Å². The maximum absolute atomic E-state index is 11.9. The van der Waals surface area contributed by atoms with Crippen LogP contribution in [-0.4, -0.2) is 43.3 Å². The van der Waals surface area contributed by atoms with Crippen LogP contribution in [0.5, 0.6) is 0 Å². The first-order valence-electron chi connectivity index (χ1n) is 6.48. The number of carbonyl (C=O) groups excluding carboxylic acids is 2. The Hall–Kier alpha value is -1.92. The highest BCUT2D eigenvalue weighted by molar-refractivity contribution is 6.01. The number of nitrogens with one attached hydrogen (secondary N) is 2. The first kappa shape index (κ1) is 14.5. The molecule has 0 spiro atoms. The molecule has 3 N–H and O–H groups in total. The number of rotatable bonds is 6. The minimum absolute atomic E-state index is 0.0553. The average molecular weight is 278 g/mol. The second kappa shape index (κ2) is 6.49. The van der Waals surface area contributed by atoms with Gasteiger partial charge >= 0.3 is 0 Å². The van der Waals surface area contributed by atoms with E-state index in [2.05, 4.69) is 10.6 Å². The molecule has 1 heterocycles. The van der Waals surface area contributed by atoms with Crippen molar-refractivity contribution < 1.29 is 19.4 Å². The van der Waals surface area contributed by atoms with Crippen molar-refractivity contribution in [2.24, 2.45) is 0 Å². The van der Waals surface area contributed by atoms with E-state index in [1.807, 2.05) is 0 Å². The van der Waals surface area contributed by atoms with E-state index < -0.39 is 6.10 Å². The summed E-state index contributed by atoms with van der Waals surface area (Å²) in [6.45, 7) is 0.625. The third-order valence-corrected chi connectivity index (χ3v) is 3.11. The number of aliphatic hydroxyl groups excluding tert-OH is 1. The van der Waals surface area contributed by atoms with E-state index in [-0.39, 0.29) is 18.4 Å². The summed E-state index contributed by atoms with van der Waals surface area (Å²) < 4.78 is 4.80. The molecule has 20 heavy (non-hydrogen) atoms. The van der Waals surface area contributed by atoms with E-state index >= 15 is 0 Å². The van der Waals surface area contributed by atoms with Gasteiger partial charge in [-0.05, 0) is 30.2 Å². The summed E-state index contributed by atoms with van der Waals surface area (Å²) in [5.41, 5.74) is 2.12. The number of ether oxygens (including phenoxy) is 1. The van der Waals surface area contributed by atoms with Crippen molar-refractivity contribution in [1.29, 1.82) is 0 Å². The zero-order chi connectivity index (χ0) is 14.5. The SMILES string of the molecule is COCC(O)CCNC(=O)c1ccc2c(c1)CC(=O)N2. The van der Waals surface area contributed by atoms with E-state index in [0.717, 1.165) is 11.3 Å². The summed E-state index contributed by atoms with van der Waals surface area (Å²) in [6, 6.07) is 5.12. The highest BCUT2D eigenvalue weighted by atomic mass is 16.5. The van der Waals surface area contributed by atoms with Crippen molar-refractivity contribution in [1.82, 2.24) is 5.32 Å². The number of amides is 2. The Bertz CT molecular complexity index is 516. The Morgan fingerprint density at radius 3 is 3.10 bits per heavy atom. The van der Waals surface area contributed by atoms with Gasteiger partial charge in [0.05, 0.1) is 19.1 Å². The molecule has 6 nitrogen and oxygen atoms in total. The van der Waals surface area contributed by atoms with Crippen molar-refractivity contribution in [3.05, 3.63) is 29.3 Å². The fourth-order valence-corrected chi connectivity index (χ4v) is 2.10. The molecule has 2 amide bonds. The monoisotopic (exact) mass is 278 g/mol. The summed E-state index contributed by atoms with van der Waals surface area (Å²) in [7, 11) is 1.52. The van der Waals surface area contributed by atoms with Crippen LogP contribution in [0.4, 0.5) is 5.69 Å². The molecule has 0 aromatic heterocycles. The lowest BCUT2D eigenvalue weighted by molar-refractivity contribution is -0.115. The molecule has 108 valence electrons. The van der Waals surface area contributed by atoms with Gasteiger partial charge in [-0.3, -0.25) is 9.59 Å². The smallest absolute Gasteiger partial charge is 0.251 e. The highest BCUT2D eigenvalue weighted by Gasteiger charge is 2.19. The van der Waals surface area contributed by atoms with E-state index in [1.165, 1.54) is 7.11 Å². The van der Waals surface area contributed by atoms with E-state index in [1.54, 1.807) is 18.2 Å². The molecular formula is C14H18N2O4. The number of hydrogen-bond donors (Lipinski definition) is 3. The van der Waals surface area contributed by atoms with Crippen molar-refractivity contribution in [2.45, 2.75) is 18.9 Å². The standard InChI is InChI=1S/C14H18N2O4/c1-20-8-11(17)4-5-15-14(19)9-2-3-12-10(6-9)7-13(18)16-12/h2-3,6,11,17H,4-5,7-8H2,1H3,(H,15,19)(H,16,18). The number of anilines is 1. The third kappa shape index (κ3) is 3.55. The maximum atomic E-state index is 11.9. The van der Waals surface area contributed by atoms with Crippen LogP contribution in [0, 0.1) is 0 Å². The minimum atomic E-state index is -0.581. The second-order valence-corrected chi connectivity index (χ2v) is 4.75. The van der Waals surface area contributed by atoms with Gasteiger partial charge in [-0.1, -0.05) is 0 Å². The van der Waals surface area contributed by atoms with Gasteiger partial charge in [-0.2, -0.15) is 0 Å². The summed E-state index contributed by atoms with van der Waals surface area (Å²) in [5, 5.41) is 14.9. The molecule has 6 heteroatoms. The molecular weight excluding hydrogens is 260 g/mol. The predicted molar refractivity (Wildman–Crippen MR) is 73.6 cm³/mol. The van der Waals surface area contributed by atoms with Crippen LogP contribution in [0.15, 0.2) is 18.2 Å². The fourth-order valence-electron chi connectivity index (χ4n) is 2.10. The molecule has 1 aliphatic heterocycles. The first-order chi connectivity index (χ1) is 9.60. The van der Waals surface area contributed by atoms with Crippen molar-refractivity contribution >= 4 is 17.5 Å². The Balaban J connectivity index is 1.87. The Labute approximate surface area is 117 Å². The van der Waals surface area contributed by atoms with E-state index in [4.69, 9.17) is 4.74 Å². The van der Waals surface area contributed by atoms with Gasteiger partial charge in [-0.15, -0.1) is 0 Å². The van der Waals surface area contributed by atoms with Gasteiger partial charge in [0, 0.05) is 24.9 Å². The molecule has 0 aliphatic carbocycles. The first-order valence-corrected chi connectivity index (χ1v) is 6.48. The number of benzene rings is 1. The van der Waals surface area contributed by atoms with E-state index in [9.17, 15) is 14.7 Å². The largest absolute Gasteiger partial charge is 0.391 e. The zero-order valence-electron chi connectivity index (χ0n) is 11.3. The number of aliphatic hydroxyl groups is 1. The van der Waals surface area contributed by atoms with Crippen molar-refractivity contribution in [3.63, 3.8) is 0 Å². The van der Waals surface area contributed by atoms with E-state index in [0.29, 0.717) is 24.9 Å². The summed E-state index contributed by atoms with van der Waals surface area (Å²) >= 11 is 0. The van der Waals surface area contributed by atoms with Crippen LogP contribution >= 0.6 is 0 Å². The van der Waals surface area contributed by atoms with Crippen LogP contribution in [0.1, 0.15) is 22.3 Å². The number of fused-ring (bicyclic) bond motifs is 1. The fraction of sp³-hybridized carbons (Fsp3) is 0.429. The van der Waals surface area contributed by atoms with Gasteiger partial charge in [0.15, 0.2) is 0 Å². The van der Waals surface area contributed by atoms with Crippen LogP contribution in [0.2, 0.25) is 0 Å². The maximum Gasteiger partial charge on any atom is 0.251 e. The van der Waals surface area contributed by atoms with Crippen molar-refractivity contribution in [2.75, 3.05) is 25.6 Å². The van der Waals surface area contributed by atoms with Crippen LogP contribution in [-0.2, 0) is 16.0 Å².